The summed E-state index contributed by atoms with van der Waals surface area (Å²) in [6.07, 6.45) is 0.843. The molecular formula is C68H90N8O12S2. The van der Waals surface area contributed by atoms with Crippen LogP contribution in [0.2, 0.25) is 0 Å². The lowest BCUT2D eigenvalue weighted by Crippen LogP contribution is -2.58. The Morgan fingerprint density at radius 3 is 1.44 bits per heavy atom. The van der Waals surface area contributed by atoms with Crippen LogP contribution in [0, 0.1) is 22.7 Å². The summed E-state index contributed by atoms with van der Waals surface area (Å²) in [5, 5.41) is 11.9. The number of hydrogen-bond acceptors (Lipinski definition) is 14. The highest BCUT2D eigenvalue weighted by atomic mass is 32.2. The van der Waals surface area contributed by atoms with Crippen LogP contribution >= 0.6 is 23.5 Å². The Labute approximate surface area is 538 Å². The molecule has 12 atom stereocenters. The minimum atomic E-state index is -0.924. The maximum Gasteiger partial charge on any atom is 0.410 e. The summed E-state index contributed by atoms with van der Waals surface area (Å²) in [6, 6.07) is 17.3. The molecule has 8 amide bonds. The number of amides is 8. The zero-order chi connectivity index (χ0) is 65.4. The van der Waals surface area contributed by atoms with Crippen LogP contribution < -0.4 is 21.3 Å². The molecule has 0 radical (unpaired) electrons. The third kappa shape index (κ3) is 15.2. The monoisotopic (exact) mass is 1270 g/mol. The van der Waals surface area contributed by atoms with Gasteiger partial charge in [-0.25, -0.2) is 9.59 Å². The predicted octanol–water partition coefficient (Wildman–Crippen LogP) is 7.80. The van der Waals surface area contributed by atoms with E-state index in [9.17, 15) is 38.4 Å². The van der Waals surface area contributed by atoms with E-state index in [1.807, 2.05) is 100 Å². The van der Waals surface area contributed by atoms with E-state index >= 15 is 0 Å². The van der Waals surface area contributed by atoms with Crippen LogP contribution in [0.4, 0.5) is 9.59 Å². The maximum atomic E-state index is 14.8. The third-order valence-electron chi connectivity index (χ3n) is 18.0. The first kappa shape index (κ1) is 67.6. The maximum absolute atomic E-state index is 14.8. The van der Waals surface area contributed by atoms with Gasteiger partial charge < -0.3 is 50.0 Å². The molecule has 9 rings (SSSR count). The van der Waals surface area contributed by atoms with Gasteiger partial charge in [-0.05, 0) is 143 Å². The summed E-state index contributed by atoms with van der Waals surface area (Å²) >= 11 is 3.21. The van der Waals surface area contributed by atoms with Crippen molar-refractivity contribution >= 4 is 71.2 Å². The first-order chi connectivity index (χ1) is 42.3. The van der Waals surface area contributed by atoms with Crippen LogP contribution in [0.3, 0.4) is 0 Å². The molecule has 0 saturated carbocycles. The fourth-order valence-corrected chi connectivity index (χ4v) is 16.2. The Balaban J connectivity index is 0.809. The molecule has 6 aliphatic rings. The summed E-state index contributed by atoms with van der Waals surface area (Å²) in [5.41, 5.74) is 2.94. The van der Waals surface area contributed by atoms with E-state index in [1.165, 1.54) is 23.9 Å². The van der Waals surface area contributed by atoms with Crippen LogP contribution in [0.5, 0.6) is 0 Å². The molecule has 0 aromatic heterocycles. The number of carbonyl (C=O) groups excluding carboxylic acids is 8. The summed E-state index contributed by atoms with van der Waals surface area (Å²) in [5.74, 6) is 5.31. The van der Waals surface area contributed by atoms with Crippen LogP contribution in [-0.4, -0.2) is 170 Å². The summed E-state index contributed by atoms with van der Waals surface area (Å²) in [6.45, 7) is 22.0. The number of likely N-dealkylation sites (N-methyl/N-ethyl adjacent to an activating group) is 2. The Morgan fingerprint density at radius 1 is 0.611 bits per heavy atom. The average molecular weight is 1280 g/mol. The minimum absolute atomic E-state index is 0.0848. The van der Waals surface area contributed by atoms with Crippen molar-refractivity contribution in [2.24, 2.45) is 10.8 Å². The highest BCUT2D eigenvalue weighted by Crippen LogP contribution is 2.49. The van der Waals surface area contributed by atoms with Crippen molar-refractivity contribution in [3.8, 4) is 11.8 Å². The van der Waals surface area contributed by atoms with Crippen molar-refractivity contribution in [1.29, 1.82) is 0 Å². The van der Waals surface area contributed by atoms with Gasteiger partial charge in [-0.2, -0.15) is 0 Å². The number of hydrogen-bond donors (Lipinski definition) is 4. The van der Waals surface area contributed by atoms with Gasteiger partial charge in [-0.15, -0.1) is 23.5 Å². The quantitative estimate of drug-likeness (QED) is 0.106. The molecule has 90 heavy (non-hydrogen) atoms. The molecule has 22 heteroatoms. The second-order valence-electron chi connectivity index (χ2n) is 28.0. The number of thioether (sulfide) groups is 2. The summed E-state index contributed by atoms with van der Waals surface area (Å²) in [4.78, 5) is 117. The van der Waals surface area contributed by atoms with E-state index in [0.29, 0.717) is 50.0 Å². The Hall–Kier alpha value is -6.80. The number of nitrogens with one attached hydrogen (secondary N) is 4. The van der Waals surface area contributed by atoms with Crippen molar-refractivity contribution < 1.29 is 57.3 Å². The van der Waals surface area contributed by atoms with E-state index < -0.39 is 107 Å². The first-order valence-electron chi connectivity index (χ1n) is 31.3. The van der Waals surface area contributed by atoms with Crippen molar-refractivity contribution in [1.82, 2.24) is 40.9 Å². The molecule has 486 valence electrons. The SMILES string of the molecule is C[C@@H](C(=O)N[C@H]1CCS[C@H]2CC(C)(C)[C@@H](C(=O)N[C@H]3c4ccccc4C[C@H]3OCC#Cc3ccc(CO[C@@H]4Cc5ccccc5[C@@H]4NC(=O)[C@H]4N5C(=O)[C@@H](NC(=O)[C@H](C)N(C)C(=O)OC(C)(C)C)CCS[C@H]5CC4(C)C)cc3)N2C1=O)N(C)C(=O)OC(C)(C)C. The van der Waals surface area contributed by atoms with Gasteiger partial charge in [0.15, 0.2) is 0 Å². The van der Waals surface area contributed by atoms with Gasteiger partial charge in [0.05, 0.1) is 41.6 Å². The number of fused-ring (bicyclic) bond motifs is 4. The highest BCUT2D eigenvalue weighted by molar-refractivity contribution is 8.00. The largest absolute Gasteiger partial charge is 0.444 e. The third-order valence-corrected chi connectivity index (χ3v) is 20.5. The fraction of sp³-hybridized carbons (Fsp3) is 0.588. The van der Waals surface area contributed by atoms with Gasteiger partial charge in [-0.1, -0.05) is 100 Å². The molecule has 4 saturated heterocycles. The van der Waals surface area contributed by atoms with Gasteiger partial charge >= 0.3 is 12.2 Å². The number of rotatable bonds is 15. The zero-order valence-corrected chi connectivity index (χ0v) is 56.1. The van der Waals surface area contributed by atoms with Gasteiger partial charge in [-0.3, -0.25) is 38.6 Å². The predicted molar refractivity (Wildman–Crippen MR) is 344 cm³/mol. The van der Waals surface area contributed by atoms with E-state index in [-0.39, 0.29) is 47.6 Å². The van der Waals surface area contributed by atoms with E-state index in [0.717, 1.165) is 33.4 Å². The molecule has 0 spiro atoms. The molecule has 4 heterocycles. The molecule has 4 fully saturated rings. The van der Waals surface area contributed by atoms with E-state index in [2.05, 4.69) is 33.1 Å². The van der Waals surface area contributed by atoms with E-state index in [4.69, 9.17) is 18.9 Å². The molecule has 2 aliphatic carbocycles. The average Bonchev–Trinajstić information content (AvgIpc) is 1.63. The lowest BCUT2D eigenvalue weighted by atomic mass is 9.83. The summed E-state index contributed by atoms with van der Waals surface area (Å²) in [7, 11) is 2.97. The highest BCUT2D eigenvalue weighted by Gasteiger charge is 2.57. The lowest BCUT2D eigenvalue weighted by molar-refractivity contribution is -0.144. The molecule has 3 aromatic carbocycles. The van der Waals surface area contributed by atoms with Crippen molar-refractivity contribution in [3.63, 3.8) is 0 Å². The fourth-order valence-electron chi connectivity index (χ4n) is 13.0. The van der Waals surface area contributed by atoms with Gasteiger partial charge in [0.25, 0.3) is 0 Å². The Kier molecular flexibility index (Phi) is 20.4. The molecule has 0 unspecified atom stereocenters. The molecule has 4 N–H and O–H groups in total. The Morgan fingerprint density at radius 2 is 1.02 bits per heavy atom. The smallest absolute Gasteiger partial charge is 0.410 e. The number of benzene rings is 3. The minimum Gasteiger partial charge on any atom is -0.444 e. The van der Waals surface area contributed by atoms with Crippen LogP contribution in [0.15, 0.2) is 72.8 Å². The lowest BCUT2D eigenvalue weighted by Gasteiger charge is -2.35. The topological polar surface area (TPSA) is 235 Å². The standard InChI is InChI=1S/C68H90N8O12S2/c1-39(73(13)63(83)87-65(3,4)5)57(77)69-47-29-32-89-51-36-67(9,10)55(75(51)61(47)81)59(79)71-53-45-23-17-15-21-43(45)34-49(53)85-31-19-20-41-25-27-42(28-26-41)38-86-50-35-44-22-16-18-24-46(44)54(50)72-60(80)56-68(11,12)37-52-76(56)62(82)48(30-33-90-52)70-58(78)40(2)74(14)64(84)88-66(6,7)8/h15-18,21-28,39-40,47-56H,29-38H2,1-14H3,(H,69,77)(H,70,78)(H,71,79)(H,72,80)/t39-,40-,47-,48-,49+,50+,51-,52-,53-,54-,55+,56+/m0/s1. The zero-order valence-electron chi connectivity index (χ0n) is 54.4. The molecule has 0 bridgehead atoms. The normalized spacial score (nSPS) is 26.3. The van der Waals surface area contributed by atoms with Crippen molar-refractivity contribution in [3.05, 3.63) is 106 Å². The molecular weight excluding hydrogens is 1180 g/mol. The first-order valence-corrected chi connectivity index (χ1v) is 33.4. The second kappa shape index (κ2) is 27.2. The second-order valence-corrected chi connectivity index (χ2v) is 30.6. The summed E-state index contributed by atoms with van der Waals surface area (Å²) < 4.78 is 24.1. The molecule has 3 aromatic rings. The van der Waals surface area contributed by atoms with Crippen LogP contribution in [-0.2, 0) is 67.2 Å². The van der Waals surface area contributed by atoms with Crippen molar-refractivity contribution in [2.75, 3.05) is 32.2 Å². The van der Waals surface area contributed by atoms with Gasteiger partial charge in [0.2, 0.25) is 35.4 Å². The van der Waals surface area contributed by atoms with E-state index in [1.54, 1.807) is 88.7 Å². The van der Waals surface area contributed by atoms with Crippen LogP contribution in [0.25, 0.3) is 0 Å². The van der Waals surface area contributed by atoms with Gasteiger partial charge in [0, 0.05) is 32.5 Å². The van der Waals surface area contributed by atoms with Crippen molar-refractivity contribution in [2.45, 2.75) is 211 Å². The molecule has 20 nitrogen and oxygen atoms in total. The number of nitrogens with zero attached hydrogens (tertiary/aromatic N) is 4. The molecule has 4 aliphatic heterocycles. The number of ether oxygens (including phenoxy) is 4. The Bertz CT molecular complexity index is 3280. The van der Waals surface area contributed by atoms with Crippen LogP contribution in [0.1, 0.15) is 154 Å². The van der Waals surface area contributed by atoms with Gasteiger partial charge in [0.1, 0.15) is 54.1 Å². The number of carbonyl (C=O) groups is 8.